The third kappa shape index (κ3) is 2.21. The van der Waals surface area contributed by atoms with E-state index in [1.54, 1.807) is 12.1 Å². The number of benzene rings is 1. The van der Waals surface area contributed by atoms with Crippen LogP contribution < -0.4 is 0 Å². The molecule has 2 aromatic rings. The average molecular weight is 291 g/mol. The molecule has 0 spiro atoms. The second-order valence-electron chi connectivity index (χ2n) is 2.91. The molecule has 1 heterocycles. The molecule has 2 rings (SSSR count). The number of rotatable bonds is 2. The number of alkyl halides is 1. The molecule has 1 aromatic heterocycles. The van der Waals surface area contributed by atoms with Crippen LogP contribution in [0.2, 0.25) is 0 Å². The van der Waals surface area contributed by atoms with Gasteiger partial charge in [-0.2, -0.15) is 0 Å². The van der Waals surface area contributed by atoms with E-state index in [-0.39, 0.29) is 5.82 Å². The standard InChI is InChI=1S/C10H6BrClFNO/c11-8-3-6(1-2-9(8)13)10-14-7(4-12)5-15-10/h1-3,5H,4H2. The summed E-state index contributed by atoms with van der Waals surface area (Å²) in [6, 6.07) is 4.56. The number of aromatic nitrogens is 1. The average Bonchev–Trinajstić information content (AvgIpc) is 2.70. The van der Waals surface area contributed by atoms with E-state index in [0.717, 1.165) is 0 Å². The molecule has 0 saturated heterocycles. The summed E-state index contributed by atoms with van der Waals surface area (Å²) in [5, 5.41) is 0. The van der Waals surface area contributed by atoms with Crippen LogP contribution in [-0.2, 0) is 5.88 Å². The Morgan fingerprint density at radius 3 is 2.87 bits per heavy atom. The molecular weight excluding hydrogens is 284 g/mol. The molecule has 0 radical (unpaired) electrons. The quantitative estimate of drug-likeness (QED) is 0.782. The van der Waals surface area contributed by atoms with Crippen LogP contribution >= 0.6 is 27.5 Å². The molecule has 0 fully saturated rings. The minimum Gasteiger partial charge on any atom is -0.444 e. The van der Waals surface area contributed by atoms with Crippen LogP contribution in [-0.4, -0.2) is 4.98 Å². The van der Waals surface area contributed by atoms with Crippen molar-refractivity contribution in [3.05, 3.63) is 40.4 Å². The van der Waals surface area contributed by atoms with E-state index in [9.17, 15) is 4.39 Å². The van der Waals surface area contributed by atoms with Crippen molar-refractivity contribution < 1.29 is 8.81 Å². The molecule has 15 heavy (non-hydrogen) atoms. The van der Waals surface area contributed by atoms with Gasteiger partial charge in [0.15, 0.2) is 0 Å². The maximum atomic E-state index is 13.0. The van der Waals surface area contributed by atoms with E-state index in [2.05, 4.69) is 20.9 Å². The molecule has 0 N–H and O–H groups in total. The number of nitrogens with zero attached hydrogens (tertiary/aromatic N) is 1. The van der Waals surface area contributed by atoms with E-state index < -0.39 is 0 Å². The first-order chi connectivity index (χ1) is 7.20. The van der Waals surface area contributed by atoms with Crippen molar-refractivity contribution in [3.63, 3.8) is 0 Å². The van der Waals surface area contributed by atoms with Crippen LogP contribution in [0.5, 0.6) is 0 Å². The van der Waals surface area contributed by atoms with Crippen LogP contribution in [0.4, 0.5) is 4.39 Å². The van der Waals surface area contributed by atoms with Gasteiger partial charge in [-0.05, 0) is 34.1 Å². The van der Waals surface area contributed by atoms with Crippen molar-refractivity contribution in [1.29, 1.82) is 0 Å². The molecule has 5 heteroatoms. The Kier molecular flexibility index (Phi) is 3.07. The summed E-state index contributed by atoms with van der Waals surface area (Å²) in [6.07, 6.45) is 1.49. The molecule has 78 valence electrons. The molecule has 0 amide bonds. The van der Waals surface area contributed by atoms with E-state index in [1.807, 2.05) is 0 Å². The third-order valence-electron chi connectivity index (χ3n) is 1.86. The molecule has 0 bridgehead atoms. The summed E-state index contributed by atoms with van der Waals surface area (Å²) >= 11 is 8.69. The molecule has 0 aliphatic carbocycles. The SMILES string of the molecule is Fc1ccc(-c2nc(CCl)co2)cc1Br. The Hall–Kier alpha value is -0.870. The zero-order valence-corrected chi connectivity index (χ0v) is 9.85. The lowest BCUT2D eigenvalue weighted by atomic mass is 10.2. The van der Waals surface area contributed by atoms with Gasteiger partial charge in [-0.25, -0.2) is 9.37 Å². The lowest BCUT2D eigenvalue weighted by Gasteiger charge is -1.97. The van der Waals surface area contributed by atoms with Crippen LogP contribution in [0.3, 0.4) is 0 Å². The van der Waals surface area contributed by atoms with Crippen molar-refractivity contribution in [2.75, 3.05) is 0 Å². The van der Waals surface area contributed by atoms with Gasteiger partial charge in [-0.3, -0.25) is 0 Å². The predicted octanol–water partition coefficient (Wildman–Crippen LogP) is 3.98. The van der Waals surface area contributed by atoms with Crippen LogP contribution in [0.15, 0.2) is 33.4 Å². The van der Waals surface area contributed by atoms with Gasteiger partial charge in [0.1, 0.15) is 12.1 Å². The normalized spacial score (nSPS) is 10.6. The summed E-state index contributed by atoms with van der Waals surface area (Å²) in [5.74, 6) is 0.417. The minimum absolute atomic E-state index is 0.297. The molecule has 0 saturated carbocycles. The molecule has 0 aliphatic heterocycles. The second-order valence-corrected chi connectivity index (χ2v) is 4.03. The summed E-state index contributed by atoms with van der Waals surface area (Å²) in [5.41, 5.74) is 1.37. The fourth-order valence-electron chi connectivity index (χ4n) is 1.13. The fourth-order valence-corrected chi connectivity index (χ4v) is 1.63. The first kappa shape index (κ1) is 10.6. The maximum Gasteiger partial charge on any atom is 0.226 e. The Bertz CT molecular complexity index is 486. The zero-order valence-electron chi connectivity index (χ0n) is 7.51. The van der Waals surface area contributed by atoms with E-state index in [1.165, 1.54) is 12.3 Å². The number of hydrogen-bond acceptors (Lipinski definition) is 2. The second kappa shape index (κ2) is 4.33. The first-order valence-electron chi connectivity index (χ1n) is 4.16. The Labute approximate surface area is 99.2 Å². The molecule has 0 unspecified atom stereocenters. The van der Waals surface area contributed by atoms with Crippen molar-refractivity contribution in [3.8, 4) is 11.5 Å². The highest BCUT2D eigenvalue weighted by molar-refractivity contribution is 9.10. The third-order valence-corrected chi connectivity index (χ3v) is 2.74. The monoisotopic (exact) mass is 289 g/mol. The highest BCUT2D eigenvalue weighted by Gasteiger charge is 2.08. The minimum atomic E-state index is -0.317. The molecular formula is C10H6BrClFNO. The smallest absolute Gasteiger partial charge is 0.226 e. The van der Waals surface area contributed by atoms with Gasteiger partial charge in [0.25, 0.3) is 0 Å². The van der Waals surface area contributed by atoms with Gasteiger partial charge in [-0.15, -0.1) is 11.6 Å². The summed E-state index contributed by atoms with van der Waals surface area (Å²) in [6.45, 7) is 0. The highest BCUT2D eigenvalue weighted by atomic mass is 79.9. The largest absolute Gasteiger partial charge is 0.444 e. The number of oxazole rings is 1. The molecule has 0 aliphatic rings. The van der Waals surface area contributed by atoms with Gasteiger partial charge >= 0.3 is 0 Å². The van der Waals surface area contributed by atoms with E-state index in [0.29, 0.717) is 27.5 Å². The van der Waals surface area contributed by atoms with Crippen LogP contribution in [0.1, 0.15) is 5.69 Å². The summed E-state index contributed by atoms with van der Waals surface area (Å²) in [7, 11) is 0. The molecule has 0 atom stereocenters. The zero-order chi connectivity index (χ0) is 10.8. The Morgan fingerprint density at radius 2 is 2.27 bits per heavy atom. The van der Waals surface area contributed by atoms with Crippen molar-refractivity contribution in [2.45, 2.75) is 5.88 Å². The first-order valence-corrected chi connectivity index (χ1v) is 5.49. The topological polar surface area (TPSA) is 26.0 Å². The van der Waals surface area contributed by atoms with Gasteiger partial charge < -0.3 is 4.42 Å². The highest BCUT2D eigenvalue weighted by Crippen LogP contribution is 2.24. The van der Waals surface area contributed by atoms with Crippen molar-refractivity contribution in [2.24, 2.45) is 0 Å². The van der Waals surface area contributed by atoms with E-state index in [4.69, 9.17) is 16.0 Å². The van der Waals surface area contributed by atoms with Gasteiger partial charge in [-0.1, -0.05) is 0 Å². The number of halogens is 3. The van der Waals surface area contributed by atoms with Crippen LogP contribution in [0, 0.1) is 5.82 Å². The fraction of sp³-hybridized carbons (Fsp3) is 0.100. The van der Waals surface area contributed by atoms with Gasteiger partial charge in [0.05, 0.1) is 16.0 Å². The molecule has 1 aromatic carbocycles. The van der Waals surface area contributed by atoms with E-state index >= 15 is 0 Å². The Balaban J connectivity index is 2.40. The lowest BCUT2D eigenvalue weighted by molar-refractivity contribution is 0.572. The van der Waals surface area contributed by atoms with Crippen LogP contribution in [0.25, 0.3) is 11.5 Å². The van der Waals surface area contributed by atoms with Crippen molar-refractivity contribution >= 4 is 27.5 Å². The maximum absolute atomic E-state index is 13.0. The Morgan fingerprint density at radius 1 is 1.47 bits per heavy atom. The summed E-state index contributed by atoms with van der Waals surface area (Å²) < 4.78 is 18.5. The predicted molar refractivity (Wildman–Crippen MR) is 59.2 cm³/mol. The molecule has 2 nitrogen and oxygen atoms in total. The van der Waals surface area contributed by atoms with Crippen molar-refractivity contribution in [1.82, 2.24) is 4.98 Å². The van der Waals surface area contributed by atoms with Gasteiger partial charge in [0.2, 0.25) is 5.89 Å². The lowest BCUT2D eigenvalue weighted by Crippen LogP contribution is -1.82. The number of hydrogen-bond donors (Lipinski definition) is 0. The summed E-state index contributed by atoms with van der Waals surface area (Å²) in [4.78, 5) is 4.13. The van der Waals surface area contributed by atoms with Gasteiger partial charge in [0, 0.05) is 5.56 Å².